The molecule has 0 unspecified atom stereocenters. The number of amides is 1. The molecule has 1 amide bonds. The smallest absolute Gasteiger partial charge is 0.251 e. The zero-order valence-corrected chi connectivity index (χ0v) is 16.7. The van der Waals surface area contributed by atoms with Crippen LogP contribution in [0.5, 0.6) is 0 Å². The van der Waals surface area contributed by atoms with Gasteiger partial charge in [0, 0.05) is 11.3 Å². The zero-order chi connectivity index (χ0) is 19.5. The molecule has 0 spiro atoms. The monoisotopic (exact) mass is 374 g/mol. The molecule has 0 radical (unpaired) electrons. The van der Waals surface area contributed by atoms with Gasteiger partial charge in [-0.2, -0.15) is 0 Å². The first kappa shape index (κ1) is 20.0. The Morgan fingerprint density at radius 3 is 2.15 bits per heavy atom. The normalized spacial score (nSPS) is 12.5. The van der Waals surface area contributed by atoms with Crippen LogP contribution in [0.1, 0.15) is 52.5 Å². The Morgan fingerprint density at radius 2 is 1.58 bits per heavy atom. The highest BCUT2D eigenvalue weighted by molar-refractivity contribution is 7.92. The summed E-state index contributed by atoms with van der Waals surface area (Å²) in [6, 6.07) is 10.5. The number of anilines is 1. The van der Waals surface area contributed by atoms with Crippen molar-refractivity contribution < 1.29 is 13.2 Å². The first-order valence-corrected chi connectivity index (χ1v) is 10.3. The van der Waals surface area contributed by atoms with E-state index in [0.717, 1.165) is 11.1 Å². The summed E-state index contributed by atoms with van der Waals surface area (Å²) < 4.78 is 25.6. The van der Waals surface area contributed by atoms with Crippen molar-refractivity contribution in [1.82, 2.24) is 5.32 Å². The molecule has 2 N–H and O–H groups in total. The standard InChI is InChI=1S/C20H26N2O3S/c1-6-26(24,25)22-18-9-7-17(8-10-18)20(23)21-16(5)19-12-14(3)13(2)11-15(19)4/h7-12,16,22H,6H2,1-5H3,(H,21,23)/t16-/m1/s1. The predicted octanol–water partition coefficient (Wildman–Crippen LogP) is 3.86. The second-order valence-corrected chi connectivity index (χ2v) is 8.58. The van der Waals surface area contributed by atoms with E-state index in [-0.39, 0.29) is 17.7 Å². The van der Waals surface area contributed by atoms with Crippen LogP contribution in [-0.4, -0.2) is 20.1 Å². The molecule has 2 rings (SSSR count). The fraction of sp³-hybridized carbons (Fsp3) is 0.350. The Kier molecular flexibility index (Phi) is 6.08. The highest BCUT2D eigenvalue weighted by Gasteiger charge is 2.15. The van der Waals surface area contributed by atoms with E-state index in [9.17, 15) is 13.2 Å². The average Bonchev–Trinajstić information content (AvgIpc) is 2.58. The van der Waals surface area contributed by atoms with Crippen LogP contribution in [0.2, 0.25) is 0 Å². The number of rotatable bonds is 6. The summed E-state index contributed by atoms with van der Waals surface area (Å²) >= 11 is 0. The summed E-state index contributed by atoms with van der Waals surface area (Å²) in [7, 11) is -3.32. The summed E-state index contributed by atoms with van der Waals surface area (Å²) in [4.78, 5) is 12.5. The molecule has 0 aliphatic rings. The molecule has 0 aliphatic carbocycles. The lowest BCUT2D eigenvalue weighted by Crippen LogP contribution is -2.27. The third-order valence-electron chi connectivity index (χ3n) is 4.50. The van der Waals surface area contributed by atoms with E-state index in [0.29, 0.717) is 11.3 Å². The second kappa shape index (κ2) is 7.91. The summed E-state index contributed by atoms with van der Waals surface area (Å²) in [6.07, 6.45) is 0. The zero-order valence-electron chi connectivity index (χ0n) is 15.9. The lowest BCUT2D eigenvalue weighted by molar-refractivity contribution is 0.0940. The molecule has 0 saturated heterocycles. The molecule has 6 heteroatoms. The Bertz CT molecular complexity index is 903. The molecule has 2 aromatic carbocycles. The van der Waals surface area contributed by atoms with Gasteiger partial charge in [-0.25, -0.2) is 8.42 Å². The molecule has 5 nitrogen and oxygen atoms in total. The van der Waals surface area contributed by atoms with Crippen molar-refractivity contribution in [2.75, 3.05) is 10.5 Å². The molecule has 0 aliphatic heterocycles. The van der Waals surface area contributed by atoms with Crippen LogP contribution in [0.25, 0.3) is 0 Å². The lowest BCUT2D eigenvalue weighted by atomic mass is 9.96. The molecule has 140 valence electrons. The highest BCUT2D eigenvalue weighted by atomic mass is 32.2. The van der Waals surface area contributed by atoms with Crippen LogP contribution in [-0.2, 0) is 10.0 Å². The highest BCUT2D eigenvalue weighted by Crippen LogP contribution is 2.22. The van der Waals surface area contributed by atoms with Crippen LogP contribution < -0.4 is 10.0 Å². The fourth-order valence-electron chi connectivity index (χ4n) is 2.75. The van der Waals surface area contributed by atoms with Crippen LogP contribution >= 0.6 is 0 Å². The number of hydrogen-bond acceptors (Lipinski definition) is 3. The minimum absolute atomic E-state index is 0.00205. The predicted molar refractivity (Wildman–Crippen MR) is 106 cm³/mol. The molecule has 0 aromatic heterocycles. The Morgan fingerprint density at radius 1 is 1.00 bits per heavy atom. The van der Waals surface area contributed by atoms with E-state index >= 15 is 0 Å². The van der Waals surface area contributed by atoms with Gasteiger partial charge in [-0.1, -0.05) is 12.1 Å². The number of nitrogens with one attached hydrogen (secondary N) is 2. The maximum Gasteiger partial charge on any atom is 0.251 e. The topological polar surface area (TPSA) is 75.3 Å². The lowest BCUT2D eigenvalue weighted by Gasteiger charge is -2.18. The maximum atomic E-state index is 12.5. The fourth-order valence-corrected chi connectivity index (χ4v) is 3.39. The van der Waals surface area contributed by atoms with Crippen molar-refractivity contribution in [3.63, 3.8) is 0 Å². The summed E-state index contributed by atoms with van der Waals surface area (Å²) in [6.45, 7) is 9.70. The Hall–Kier alpha value is -2.34. The molecule has 2 aromatic rings. The van der Waals surface area contributed by atoms with E-state index in [1.165, 1.54) is 11.1 Å². The van der Waals surface area contributed by atoms with Crippen LogP contribution in [0.15, 0.2) is 36.4 Å². The summed E-state index contributed by atoms with van der Waals surface area (Å²) in [5.74, 6) is -0.192. The van der Waals surface area contributed by atoms with Gasteiger partial charge in [0.15, 0.2) is 0 Å². The van der Waals surface area contributed by atoms with Crippen molar-refractivity contribution in [3.8, 4) is 0 Å². The second-order valence-electron chi connectivity index (χ2n) is 6.57. The van der Waals surface area contributed by atoms with E-state index in [2.05, 4.69) is 36.0 Å². The van der Waals surface area contributed by atoms with Gasteiger partial charge in [0.2, 0.25) is 10.0 Å². The number of benzene rings is 2. The molecule has 0 heterocycles. The van der Waals surface area contributed by atoms with Gasteiger partial charge in [-0.05, 0) is 81.1 Å². The van der Waals surface area contributed by atoms with Gasteiger partial charge in [0.1, 0.15) is 0 Å². The number of sulfonamides is 1. The Labute approximate surface area is 155 Å². The van der Waals surface area contributed by atoms with Crippen LogP contribution in [0.4, 0.5) is 5.69 Å². The minimum atomic E-state index is -3.32. The number of carbonyl (C=O) groups is 1. The maximum absolute atomic E-state index is 12.5. The van der Waals surface area contributed by atoms with Crippen molar-refractivity contribution in [3.05, 3.63) is 64.2 Å². The van der Waals surface area contributed by atoms with Gasteiger partial charge in [0.05, 0.1) is 11.8 Å². The third-order valence-corrected chi connectivity index (χ3v) is 5.80. The molecular formula is C20H26N2O3S. The largest absolute Gasteiger partial charge is 0.346 e. The quantitative estimate of drug-likeness (QED) is 0.806. The molecular weight excluding hydrogens is 348 g/mol. The molecule has 0 bridgehead atoms. The van der Waals surface area contributed by atoms with Gasteiger partial charge >= 0.3 is 0 Å². The van der Waals surface area contributed by atoms with E-state index < -0.39 is 10.0 Å². The van der Waals surface area contributed by atoms with Crippen molar-refractivity contribution in [1.29, 1.82) is 0 Å². The van der Waals surface area contributed by atoms with Gasteiger partial charge < -0.3 is 5.32 Å². The van der Waals surface area contributed by atoms with E-state index in [1.54, 1.807) is 31.2 Å². The molecule has 0 fully saturated rings. The summed E-state index contributed by atoms with van der Waals surface area (Å²) in [5.41, 5.74) is 5.59. The first-order chi connectivity index (χ1) is 12.1. The van der Waals surface area contributed by atoms with Gasteiger partial charge in [0.25, 0.3) is 5.91 Å². The average molecular weight is 375 g/mol. The van der Waals surface area contributed by atoms with Crippen molar-refractivity contribution in [2.45, 2.75) is 40.7 Å². The molecule has 1 atom stereocenters. The van der Waals surface area contributed by atoms with Gasteiger partial charge in [-0.3, -0.25) is 9.52 Å². The third kappa shape index (κ3) is 4.85. The number of carbonyl (C=O) groups excluding carboxylic acids is 1. The minimum Gasteiger partial charge on any atom is -0.346 e. The Balaban J connectivity index is 2.11. The van der Waals surface area contributed by atoms with E-state index in [4.69, 9.17) is 0 Å². The van der Waals surface area contributed by atoms with E-state index in [1.807, 2.05) is 13.8 Å². The summed E-state index contributed by atoms with van der Waals surface area (Å²) in [5, 5.41) is 3.00. The van der Waals surface area contributed by atoms with Gasteiger partial charge in [-0.15, -0.1) is 0 Å². The molecule has 0 saturated carbocycles. The van der Waals surface area contributed by atoms with Crippen molar-refractivity contribution >= 4 is 21.6 Å². The van der Waals surface area contributed by atoms with Crippen LogP contribution in [0, 0.1) is 20.8 Å². The van der Waals surface area contributed by atoms with Crippen molar-refractivity contribution in [2.24, 2.45) is 0 Å². The SMILES string of the molecule is CCS(=O)(=O)Nc1ccc(C(=O)N[C@H](C)c2cc(C)c(C)cc2C)cc1. The molecule has 26 heavy (non-hydrogen) atoms. The number of aryl methyl sites for hydroxylation is 3. The van der Waals surface area contributed by atoms with Crippen LogP contribution in [0.3, 0.4) is 0 Å². The number of hydrogen-bond donors (Lipinski definition) is 2. The first-order valence-electron chi connectivity index (χ1n) is 8.62.